The highest BCUT2D eigenvalue weighted by Gasteiger charge is 2.43. The fourth-order valence-corrected chi connectivity index (χ4v) is 9.58. The molecule has 0 aromatic heterocycles. The first-order valence-corrected chi connectivity index (χ1v) is 18.9. The molecule has 1 saturated carbocycles. The third kappa shape index (κ3) is 6.57. The summed E-state index contributed by atoms with van der Waals surface area (Å²) >= 11 is 6.44. The molecule has 1 unspecified atom stereocenters. The number of carbonyl (C=O) groups is 2. The molecule has 7 nitrogen and oxygen atoms in total. The Morgan fingerprint density at radius 1 is 1.17 bits per heavy atom. The van der Waals surface area contributed by atoms with E-state index in [1.54, 1.807) is 25.1 Å². The maximum Gasteiger partial charge on any atom is 0.262 e. The number of ether oxygens (including phenoxy) is 1. The number of hydrogen-bond acceptors (Lipinski definition) is 5. The summed E-state index contributed by atoms with van der Waals surface area (Å²) in [6.07, 6.45) is 11.0. The van der Waals surface area contributed by atoms with Crippen LogP contribution in [0.25, 0.3) is 0 Å². The van der Waals surface area contributed by atoms with Crippen LogP contribution < -0.4 is 14.4 Å². The van der Waals surface area contributed by atoms with Gasteiger partial charge in [-0.25, -0.2) is 4.21 Å². The number of halogens is 1. The van der Waals surface area contributed by atoms with Gasteiger partial charge in [0, 0.05) is 54.9 Å². The van der Waals surface area contributed by atoms with E-state index in [2.05, 4.69) is 39.8 Å². The average molecular weight is 666 g/mol. The minimum Gasteiger partial charge on any atom is -0.490 e. The summed E-state index contributed by atoms with van der Waals surface area (Å²) in [5, 5.41) is 0.376. The molecule has 2 aliphatic carbocycles. The van der Waals surface area contributed by atoms with Gasteiger partial charge in [-0.3, -0.25) is 14.3 Å². The maximum atomic E-state index is 13.9. The van der Waals surface area contributed by atoms with Gasteiger partial charge in [-0.1, -0.05) is 36.7 Å². The van der Waals surface area contributed by atoms with Crippen molar-refractivity contribution in [1.82, 2.24) is 9.62 Å². The first-order valence-electron chi connectivity index (χ1n) is 16.7. The highest BCUT2D eigenvalue weighted by Crippen LogP contribution is 2.46. The molecule has 46 heavy (non-hydrogen) atoms. The maximum absolute atomic E-state index is 13.9. The molecule has 7 atom stereocenters. The highest BCUT2D eigenvalue weighted by atomic mass is 35.5. The standard InChI is InChI=1S/C37H48ClN3O4S/c1-24-17-26(18-35(42)40(3)4)8-9-27-10-11-30(27)21-41-22-37(16-6-7-28-19-31(38)13-14-32(28)37)23-45-34-15-12-29(20-33(34)41)36(43)39-46(5,44)25(24)2/h8-9,12-15,19-20,24-27,30H,5-7,10-11,16-18,21-23H2,1-4H3,(H,39,43,44)/b9-8+/t24-,25+,26+,27+,30-,37-,46?/m0/s1. The van der Waals surface area contributed by atoms with Crippen molar-refractivity contribution in [3.63, 3.8) is 0 Å². The van der Waals surface area contributed by atoms with Crippen molar-refractivity contribution in [1.29, 1.82) is 0 Å². The van der Waals surface area contributed by atoms with Gasteiger partial charge in [-0.2, -0.15) is 0 Å². The van der Waals surface area contributed by atoms with Crippen LogP contribution in [0, 0.1) is 23.7 Å². The summed E-state index contributed by atoms with van der Waals surface area (Å²) in [6, 6.07) is 11.9. The fourth-order valence-electron chi connectivity index (χ4n) is 7.90. The van der Waals surface area contributed by atoms with Gasteiger partial charge in [-0.15, -0.1) is 0 Å². The predicted molar refractivity (Wildman–Crippen MR) is 188 cm³/mol. The zero-order chi connectivity index (χ0) is 32.8. The SMILES string of the molecule is C=S1(=O)NC(=O)c2ccc3c(c2)N(C[C@@H]2CC[C@H]2/C=C/[C@@H](CC(=O)N(C)C)C[C@H](C)[C@H]1C)C[C@@]1(CCCc2cc(Cl)ccc21)CO3. The van der Waals surface area contributed by atoms with Gasteiger partial charge in [-0.05, 0) is 116 Å². The quantitative estimate of drug-likeness (QED) is 0.302. The number of nitrogens with one attached hydrogen (secondary N) is 1. The lowest BCUT2D eigenvalue weighted by Gasteiger charge is -2.44. The minimum absolute atomic E-state index is 0.00663. The van der Waals surface area contributed by atoms with Crippen molar-refractivity contribution in [3.8, 4) is 5.75 Å². The monoisotopic (exact) mass is 665 g/mol. The number of carbonyl (C=O) groups excluding carboxylic acids is 2. The molecule has 9 heteroatoms. The van der Waals surface area contributed by atoms with Crippen LogP contribution in [-0.2, 0) is 26.3 Å². The lowest BCUT2D eigenvalue weighted by atomic mass is 9.69. The summed E-state index contributed by atoms with van der Waals surface area (Å²) in [5.74, 6) is 5.29. The Morgan fingerprint density at radius 3 is 2.72 bits per heavy atom. The third-order valence-corrected chi connectivity index (χ3v) is 13.6. The van der Waals surface area contributed by atoms with Crippen LogP contribution in [0.15, 0.2) is 48.6 Å². The Bertz CT molecular complexity index is 1640. The van der Waals surface area contributed by atoms with Crippen LogP contribution in [0.1, 0.15) is 73.9 Å². The summed E-state index contributed by atoms with van der Waals surface area (Å²) < 4.78 is 23.4. The zero-order valence-corrected chi connectivity index (χ0v) is 29.2. The van der Waals surface area contributed by atoms with E-state index in [-0.39, 0.29) is 28.4 Å². The lowest BCUT2D eigenvalue weighted by Crippen LogP contribution is -2.48. The second-order valence-electron chi connectivity index (χ2n) is 14.5. The number of fused-ring (bicyclic) bond motifs is 4. The Labute approximate surface area is 279 Å². The smallest absolute Gasteiger partial charge is 0.262 e. The molecule has 2 bridgehead atoms. The number of rotatable bonds is 2. The van der Waals surface area contributed by atoms with Crippen molar-refractivity contribution in [3.05, 3.63) is 70.3 Å². The van der Waals surface area contributed by atoms with Gasteiger partial charge in [0.1, 0.15) is 5.75 Å². The molecule has 2 aromatic carbocycles. The zero-order valence-electron chi connectivity index (χ0n) is 27.6. The Balaban J connectivity index is 1.40. The van der Waals surface area contributed by atoms with E-state index in [0.29, 0.717) is 36.8 Å². The number of amides is 2. The molecular weight excluding hydrogens is 618 g/mol. The van der Waals surface area contributed by atoms with E-state index < -0.39 is 15.6 Å². The molecule has 6 rings (SSSR count). The van der Waals surface area contributed by atoms with Gasteiger partial charge >= 0.3 is 0 Å². The molecule has 0 radical (unpaired) electrons. The Kier molecular flexibility index (Phi) is 9.25. The number of anilines is 1. The first kappa shape index (κ1) is 33.0. The van der Waals surface area contributed by atoms with E-state index in [1.165, 1.54) is 11.1 Å². The van der Waals surface area contributed by atoms with Crippen LogP contribution in [0.3, 0.4) is 0 Å². The number of allylic oxidation sites excluding steroid dienone is 2. The second-order valence-corrected chi connectivity index (χ2v) is 17.3. The van der Waals surface area contributed by atoms with Crippen molar-refractivity contribution in [2.75, 3.05) is 38.7 Å². The largest absolute Gasteiger partial charge is 0.490 e. The molecule has 2 amide bonds. The van der Waals surface area contributed by atoms with Gasteiger partial charge in [0.25, 0.3) is 5.91 Å². The lowest BCUT2D eigenvalue weighted by molar-refractivity contribution is -0.129. The summed E-state index contributed by atoms with van der Waals surface area (Å²) in [5.41, 5.74) is 3.74. The molecule has 4 aliphatic rings. The third-order valence-electron chi connectivity index (χ3n) is 11.1. The van der Waals surface area contributed by atoms with Gasteiger partial charge < -0.3 is 14.5 Å². The molecule has 2 heterocycles. The number of nitrogens with zero attached hydrogens (tertiary/aromatic N) is 2. The van der Waals surface area contributed by atoms with Crippen molar-refractivity contribution in [2.45, 2.75) is 69.5 Å². The van der Waals surface area contributed by atoms with E-state index in [0.717, 1.165) is 61.7 Å². The van der Waals surface area contributed by atoms with E-state index in [1.807, 2.05) is 32.0 Å². The molecule has 1 spiro atoms. The van der Waals surface area contributed by atoms with Crippen LogP contribution in [0.4, 0.5) is 5.69 Å². The topological polar surface area (TPSA) is 79.0 Å². The average Bonchev–Trinajstić information content (AvgIpc) is 3.14. The van der Waals surface area contributed by atoms with Crippen molar-refractivity contribution >= 4 is 44.7 Å². The number of benzene rings is 2. The summed E-state index contributed by atoms with van der Waals surface area (Å²) in [7, 11) is 0.583. The van der Waals surface area contributed by atoms with Crippen LogP contribution in [-0.4, -0.2) is 65.8 Å². The van der Waals surface area contributed by atoms with Gasteiger partial charge in [0.05, 0.1) is 22.0 Å². The Hall–Kier alpha value is -2.97. The van der Waals surface area contributed by atoms with Crippen LogP contribution in [0.5, 0.6) is 5.75 Å². The van der Waals surface area contributed by atoms with E-state index in [9.17, 15) is 13.8 Å². The van der Waals surface area contributed by atoms with Crippen molar-refractivity contribution < 1.29 is 18.5 Å². The Morgan fingerprint density at radius 2 is 1.98 bits per heavy atom. The summed E-state index contributed by atoms with van der Waals surface area (Å²) in [4.78, 5) is 30.6. The first-order chi connectivity index (χ1) is 21.8. The van der Waals surface area contributed by atoms with E-state index in [4.69, 9.17) is 16.3 Å². The minimum atomic E-state index is -2.99. The number of hydrogen-bond donors (Lipinski definition) is 1. The summed E-state index contributed by atoms with van der Waals surface area (Å²) in [6.45, 7) is 6.09. The van der Waals surface area contributed by atoms with E-state index >= 15 is 0 Å². The predicted octanol–water partition coefficient (Wildman–Crippen LogP) is 6.28. The van der Waals surface area contributed by atoms with Crippen LogP contribution in [0.2, 0.25) is 5.02 Å². The molecular formula is C37H48ClN3O4S. The fraction of sp³-hybridized carbons (Fsp3) is 0.541. The highest BCUT2D eigenvalue weighted by molar-refractivity contribution is 7.99. The molecule has 0 saturated heterocycles. The van der Waals surface area contributed by atoms with Gasteiger partial charge in [0.2, 0.25) is 5.91 Å². The van der Waals surface area contributed by atoms with Crippen LogP contribution >= 0.6 is 11.6 Å². The molecule has 2 aromatic rings. The molecule has 2 aliphatic heterocycles. The molecule has 1 N–H and O–H groups in total. The number of aryl methyl sites for hydroxylation is 1. The second kappa shape index (κ2) is 12.9. The van der Waals surface area contributed by atoms with Gasteiger partial charge in [0.15, 0.2) is 0 Å². The molecule has 248 valence electrons. The molecule has 1 fully saturated rings. The van der Waals surface area contributed by atoms with Crippen molar-refractivity contribution in [2.24, 2.45) is 23.7 Å². The normalized spacial score (nSPS) is 33.4.